The highest BCUT2D eigenvalue weighted by atomic mass is 35.5. The van der Waals surface area contributed by atoms with Gasteiger partial charge in [-0.25, -0.2) is 0 Å². The second kappa shape index (κ2) is 9.28. The minimum absolute atomic E-state index is 0. The van der Waals surface area contributed by atoms with Crippen LogP contribution in [0.3, 0.4) is 0 Å². The maximum Gasteiger partial charge on any atom is 0.313 e. The van der Waals surface area contributed by atoms with Gasteiger partial charge in [-0.3, -0.25) is 4.79 Å². The van der Waals surface area contributed by atoms with Crippen LogP contribution in [0, 0.1) is 0 Å². The molecule has 0 saturated heterocycles. The normalized spacial score (nSPS) is 15.1. The van der Waals surface area contributed by atoms with Crippen molar-refractivity contribution in [1.29, 1.82) is 0 Å². The molecule has 7 heteroatoms. The molecule has 2 aromatic carbocycles. The number of rotatable bonds is 6. The highest BCUT2D eigenvalue weighted by molar-refractivity contribution is 8.01. The van der Waals surface area contributed by atoms with E-state index < -0.39 is 0 Å². The lowest BCUT2D eigenvalue weighted by molar-refractivity contribution is -0.769. The van der Waals surface area contributed by atoms with Crippen LogP contribution in [0.2, 0.25) is 0 Å². The topological polar surface area (TPSA) is 39.4 Å². The van der Waals surface area contributed by atoms with E-state index >= 15 is 0 Å². The van der Waals surface area contributed by atoms with Crippen LogP contribution >= 0.6 is 23.1 Å². The number of thiazole rings is 1. The third-order valence-corrected chi connectivity index (χ3v) is 6.43. The van der Waals surface area contributed by atoms with Gasteiger partial charge in [0.2, 0.25) is 0 Å². The van der Waals surface area contributed by atoms with Crippen LogP contribution in [0.5, 0.6) is 11.5 Å². The fourth-order valence-corrected chi connectivity index (χ4v) is 4.93. The maximum absolute atomic E-state index is 12.4. The number of benzene rings is 2. The summed E-state index contributed by atoms with van der Waals surface area (Å²) in [5, 5.41) is 2.07. The van der Waals surface area contributed by atoms with E-state index in [0.29, 0.717) is 11.3 Å². The van der Waals surface area contributed by atoms with E-state index in [1.54, 1.807) is 42.7 Å². The van der Waals surface area contributed by atoms with Gasteiger partial charge in [-0.15, -0.1) is 4.57 Å². The van der Waals surface area contributed by atoms with E-state index in [4.69, 9.17) is 9.47 Å². The highest BCUT2D eigenvalue weighted by Gasteiger charge is 2.34. The van der Waals surface area contributed by atoms with Crippen molar-refractivity contribution in [2.24, 2.45) is 0 Å². The molecule has 0 saturated carbocycles. The van der Waals surface area contributed by atoms with E-state index in [1.165, 1.54) is 4.34 Å². The number of carbonyl (C=O) groups excluding carboxylic acids is 1. The standard InChI is InChI=1S/C21H18NO3S2.ClH/c1-24-19-5-3-2-4-17(19)18(23)11-8-15-6-9-16(10-7-15)25-20-14-27-21-22(20)12-13-26-21;/h2-13,20H,14H2,1H3;1H/q+1;/p-1/b11-8+;. The quantitative estimate of drug-likeness (QED) is 0.338. The number of thioether (sulfide) groups is 1. The molecule has 4 nitrogen and oxygen atoms in total. The van der Waals surface area contributed by atoms with Crippen molar-refractivity contribution in [1.82, 2.24) is 0 Å². The highest BCUT2D eigenvalue weighted by Crippen LogP contribution is 2.31. The number of allylic oxidation sites excluding steroid dienone is 1. The smallest absolute Gasteiger partial charge is 0.313 e. The molecule has 4 rings (SSSR count). The number of hydrogen-bond donors (Lipinski definition) is 0. The molecule has 2 heterocycles. The lowest BCUT2D eigenvalue weighted by atomic mass is 10.1. The van der Waals surface area contributed by atoms with E-state index in [0.717, 1.165) is 17.1 Å². The lowest BCUT2D eigenvalue weighted by Gasteiger charge is -2.08. The van der Waals surface area contributed by atoms with Gasteiger partial charge in [-0.2, -0.15) is 0 Å². The number of halogens is 1. The summed E-state index contributed by atoms with van der Waals surface area (Å²) >= 11 is 3.55. The van der Waals surface area contributed by atoms with Crippen LogP contribution in [0.1, 0.15) is 22.1 Å². The first kappa shape index (κ1) is 20.5. The lowest BCUT2D eigenvalue weighted by Crippen LogP contribution is -3.00. The van der Waals surface area contributed by atoms with E-state index in [2.05, 4.69) is 16.1 Å². The Kier molecular flexibility index (Phi) is 6.78. The Hall–Kier alpha value is -2.28. The summed E-state index contributed by atoms with van der Waals surface area (Å²) in [6.45, 7) is 0. The van der Waals surface area contributed by atoms with Crippen molar-refractivity contribution in [3.63, 3.8) is 0 Å². The number of methoxy groups -OCH3 is 1. The molecule has 0 spiro atoms. The molecule has 1 atom stereocenters. The van der Waals surface area contributed by atoms with Crippen LogP contribution in [0.15, 0.2) is 70.5 Å². The molecule has 1 aliphatic rings. The number of ether oxygens (including phenoxy) is 2. The van der Waals surface area contributed by atoms with Gasteiger partial charge < -0.3 is 21.9 Å². The van der Waals surface area contributed by atoms with Gasteiger partial charge >= 0.3 is 10.6 Å². The summed E-state index contributed by atoms with van der Waals surface area (Å²) in [7, 11) is 1.56. The number of hydrogen-bond acceptors (Lipinski definition) is 5. The summed E-state index contributed by atoms with van der Waals surface area (Å²) in [6.07, 6.45) is 5.46. The number of para-hydroxylation sites is 1. The van der Waals surface area contributed by atoms with Crippen molar-refractivity contribution in [3.8, 4) is 11.5 Å². The molecule has 28 heavy (non-hydrogen) atoms. The van der Waals surface area contributed by atoms with Crippen LogP contribution in [-0.4, -0.2) is 18.6 Å². The van der Waals surface area contributed by atoms with Crippen LogP contribution in [-0.2, 0) is 0 Å². The van der Waals surface area contributed by atoms with Gasteiger partial charge in [-0.1, -0.05) is 41.7 Å². The summed E-state index contributed by atoms with van der Waals surface area (Å²) in [5.74, 6) is 2.23. The van der Waals surface area contributed by atoms with Crippen molar-refractivity contribution in [3.05, 3.63) is 77.3 Å². The molecule has 0 aliphatic carbocycles. The first-order valence-electron chi connectivity index (χ1n) is 8.48. The maximum atomic E-state index is 12.4. The first-order valence-corrected chi connectivity index (χ1v) is 10.3. The van der Waals surface area contributed by atoms with Gasteiger partial charge in [0.05, 0.1) is 18.1 Å². The fraction of sp³-hybridized carbons (Fsp3) is 0.143. The number of nitrogens with zero attached hydrogens (tertiary/aromatic N) is 1. The van der Waals surface area contributed by atoms with Gasteiger partial charge in [-0.05, 0) is 47.7 Å². The van der Waals surface area contributed by atoms with Gasteiger partial charge in [0.1, 0.15) is 17.3 Å². The zero-order valence-corrected chi connectivity index (χ0v) is 17.5. The summed E-state index contributed by atoms with van der Waals surface area (Å²) in [6, 6.07) is 15.0. The molecule has 0 fully saturated rings. The predicted molar refractivity (Wildman–Crippen MR) is 108 cm³/mol. The number of fused-ring (bicyclic) bond motifs is 1. The average Bonchev–Trinajstić information content (AvgIpc) is 3.32. The minimum Gasteiger partial charge on any atom is -1.00 e. The van der Waals surface area contributed by atoms with Crippen LogP contribution in [0.4, 0.5) is 0 Å². The zero-order chi connectivity index (χ0) is 18.6. The van der Waals surface area contributed by atoms with E-state index in [-0.39, 0.29) is 24.4 Å². The monoisotopic (exact) mass is 431 g/mol. The molecule has 0 N–H and O–H groups in total. The van der Waals surface area contributed by atoms with E-state index in [1.807, 2.05) is 48.2 Å². The second-order valence-corrected chi connectivity index (χ2v) is 8.09. The van der Waals surface area contributed by atoms with Crippen molar-refractivity contribution < 1.29 is 31.2 Å². The Morgan fingerprint density at radius 3 is 2.75 bits per heavy atom. The Labute approximate surface area is 178 Å². The Balaban J connectivity index is 0.00000225. The largest absolute Gasteiger partial charge is 1.00 e. The molecule has 0 bridgehead atoms. The first-order chi connectivity index (χ1) is 13.2. The van der Waals surface area contributed by atoms with Gasteiger partial charge in [0, 0.05) is 0 Å². The molecule has 0 radical (unpaired) electrons. The van der Waals surface area contributed by atoms with Gasteiger partial charge in [0.15, 0.2) is 12.0 Å². The average molecular weight is 432 g/mol. The molecule has 0 amide bonds. The van der Waals surface area contributed by atoms with Crippen molar-refractivity contribution in [2.75, 3.05) is 12.9 Å². The summed E-state index contributed by atoms with van der Waals surface area (Å²) < 4.78 is 14.8. The Morgan fingerprint density at radius 2 is 1.96 bits per heavy atom. The Bertz CT molecular complexity index is 985. The number of aromatic nitrogens is 1. The molecule has 144 valence electrons. The van der Waals surface area contributed by atoms with Crippen molar-refractivity contribution in [2.45, 2.75) is 10.6 Å². The fourth-order valence-electron chi connectivity index (χ4n) is 2.84. The molecule has 1 unspecified atom stereocenters. The number of carbonyl (C=O) groups is 1. The molecule has 1 aromatic heterocycles. The summed E-state index contributed by atoms with van der Waals surface area (Å²) in [4.78, 5) is 12.4. The Morgan fingerprint density at radius 1 is 1.18 bits per heavy atom. The second-order valence-electron chi connectivity index (χ2n) is 5.93. The third kappa shape index (κ3) is 4.41. The van der Waals surface area contributed by atoms with Gasteiger partial charge in [0.25, 0.3) is 0 Å². The van der Waals surface area contributed by atoms with Crippen LogP contribution in [0.25, 0.3) is 6.08 Å². The molecular formula is C21H18ClNO3S2. The summed E-state index contributed by atoms with van der Waals surface area (Å²) in [5.41, 5.74) is 1.49. The minimum atomic E-state index is -0.0860. The molecule has 3 aromatic rings. The van der Waals surface area contributed by atoms with Crippen LogP contribution < -0.4 is 26.4 Å². The molecular weight excluding hydrogens is 414 g/mol. The predicted octanol–water partition coefficient (Wildman–Crippen LogP) is 1.63. The third-order valence-electron chi connectivity index (χ3n) is 4.21. The zero-order valence-electron chi connectivity index (χ0n) is 15.1. The van der Waals surface area contributed by atoms with E-state index in [9.17, 15) is 4.79 Å². The SMILES string of the molecule is COc1ccccc1C(=O)/C=C/c1ccc(OC2CSc3scc[n+]32)cc1.[Cl-]. The number of ketones is 1. The molecule has 1 aliphatic heterocycles. The van der Waals surface area contributed by atoms with Crippen molar-refractivity contribution >= 4 is 35.0 Å².